The second-order valence-electron chi connectivity index (χ2n) is 14.1. The fourth-order valence-corrected chi connectivity index (χ4v) is 7.85. The third-order valence-electron chi connectivity index (χ3n) is 10.7. The highest BCUT2D eigenvalue weighted by atomic mass is 15.1. The van der Waals surface area contributed by atoms with Crippen molar-refractivity contribution in [3.63, 3.8) is 0 Å². The minimum absolute atomic E-state index is 0.963. The first-order valence-corrected chi connectivity index (χ1v) is 19.0. The maximum atomic E-state index is 4.80. The number of hydrogen-bond acceptors (Lipinski definition) is 2. The number of rotatable bonds is 8. The number of nitrogens with zero attached hydrogens (tertiary/aromatic N) is 3. The summed E-state index contributed by atoms with van der Waals surface area (Å²) in [6.45, 7) is 0. The highest BCUT2D eigenvalue weighted by Crippen LogP contribution is 2.39. The molecule has 10 aromatic rings. The average molecular weight is 716 g/mol. The zero-order chi connectivity index (χ0) is 37.3. The molecule has 0 saturated heterocycles. The number of benzene rings is 8. The number of para-hydroxylation sites is 1. The summed E-state index contributed by atoms with van der Waals surface area (Å²) < 4.78 is 2.27. The Hall–Kier alpha value is -7.49. The summed E-state index contributed by atoms with van der Waals surface area (Å²) in [7, 11) is 0. The van der Waals surface area contributed by atoms with Crippen LogP contribution < -0.4 is 4.90 Å². The fourth-order valence-electron chi connectivity index (χ4n) is 7.85. The van der Waals surface area contributed by atoms with Crippen LogP contribution in [0.4, 0.5) is 17.1 Å². The number of fused-ring (bicyclic) bond motifs is 3. The van der Waals surface area contributed by atoms with Crippen molar-refractivity contribution in [3.05, 3.63) is 225 Å². The lowest BCUT2D eigenvalue weighted by Crippen LogP contribution is -2.09. The van der Waals surface area contributed by atoms with Crippen LogP contribution in [0.2, 0.25) is 0 Å². The van der Waals surface area contributed by atoms with Gasteiger partial charge in [-0.25, -0.2) is 4.98 Å². The van der Waals surface area contributed by atoms with Crippen molar-refractivity contribution in [1.29, 1.82) is 0 Å². The zero-order valence-corrected chi connectivity index (χ0v) is 30.7. The number of aromatic nitrogens is 2. The van der Waals surface area contributed by atoms with Crippen LogP contribution in [0.1, 0.15) is 0 Å². The molecule has 264 valence electrons. The standard InChI is InChI=1S/C53H37N3/c1-3-11-38(12-4-1)40-20-22-41(23-21-40)43-26-32-47(33-27-43)55(46-30-24-42(25-31-46)39-13-5-2-6-14-39)48-34-28-44(29-35-48)45-15-9-16-49(37-45)56-52-19-8-7-17-50(52)51-18-10-36-54-53(51)56/h1-37H. The summed E-state index contributed by atoms with van der Waals surface area (Å²) in [5.74, 6) is 0. The Balaban J connectivity index is 0.995. The Morgan fingerprint density at radius 2 is 0.732 bits per heavy atom. The molecule has 2 heterocycles. The summed E-state index contributed by atoms with van der Waals surface area (Å²) in [6, 6.07) is 78.0. The third-order valence-corrected chi connectivity index (χ3v) is 10.7. The SMILES string of the molecule is c1ccc(-c2ccc(-c3ccc(N(c4ccc(-c5ccccc5)cc4)c4ccc(-c5cccc(-n6c7ccccc7c7cccnc76)c5)cc4)cc3)cc2)cc1. The van der Waals surface area contributed by atoms with E-state index < -0.39 is 0 Å². The van der Waals surface area contributed by atoms with E-state index in [0.29, 0.717) is 0 Å². The van der Waals surface area contributed by atoms with E-state index in [1.54, 1.807) is 0 Å². The predicted octanol–water partition coefficient (Wildman–Crippen LogP) is 14.3. The van der Waals surface area contributed by atoms with Gasteiger partial charge in [0.1, 0.15) is 5.65 Å². The molecule has 8 aromatic carbocycles. The summed E-state index contributed by atoms with van der Waals surface area (Å²) >= 11 is 0. The molecule has 0 spiro atoms. The highest BCUT2D eigenvalue weighted by Gasteiger charge is 2.16. The van der Waals surface area contributed by atoms with Gasteiger partial charge in [0, 0.05) is 39.7 Å². The first kappa shape index (κ1) is 33.1. The molecule has 0 fully saturated rings. The van der Waals surface area contributed by atoms with Crippen LogP contribution in [-0.2, 0) is 0 Å². The molecule has 0 amide bonds. The topological polar surface area (TPSA) is 21.1 Å². The molecule has 0 saturated carbocycles. The van der Waals surface area contributed by atoms with E-state index in [1.165, 1.54) is 38.8 Å². The molecule has 3 heteroatoms. The summed E-state index contributed by atoms with van der Waals surface area (Å²) in [5, 5.41) is 2.36. The van der Waals surface area contributed by atoms with Crippen LogP contribution >= 0.6 is 0 Å². The van der Waals surface area contributed by atoms with Crippen LogP contribution in [0.15, 0.2) is 225 Å². The monoisotopic (exact) mass is 715 g/mol. The molecule has 0 unspecified atom stereocenters. The van der Waals surface area contributed by atoms with Crippen LogP contribution in [0.25, 0.3) is 72.1 Å². The molecule has 0 bridgehead atoms. The first-order valence-electron chi connectivity index (χ1n) is 19.0. The van der Waals surface area contributed by atoms with Gasteiger partial charge in [0.2, 0.25) is 0 Å². The molecule has 0 aliphatic rings. The van der Waals surface area contributed by atoms with Gasteiger partial charge in [0.25, 0.3) is 0 Å². The van der Waals surface area contributed by atoms with E-state index in [9.17, 15) is 0 Å². The van der Waals surface area contributed by atoms with Gasteiger partial charge < -0.3 is 4.90 Å². The van der Waals surface area contributed by atoms with Crippen LogP contribution in [-0.4, -0.2) is 9.55 Å². The molecule has 0 aliphatic heterocycles. The van der Waals surface area contributed by atoms with E-state index in [4.69, 9.17) is 4.98 Å². The predicted molar refractivity (Wildman–Crippen MR) is 235 cm³/mol. The van der Waals surface area contributed by atoms with Crippen LogP contribution in [0.5, 0.6) is 0 Å². The minimum atomic E-state index is 0.963. The van der Waals surface area contributed by atoms with Crippen LogP contribution in [0, 0.1) is 0 Å². The number of hydrogen-bond donors (Lipinski definition) is 0. The lowest BCUT2D eigenvalue weighted by atomic mass is 10.00. The zero-order valence-electron chi connectivity index (χ0n) is 30.7. The Labute approximate surface area is 327 Å². The second kappa shape index (κ2) is 14.4. The molecule has 3 nitrogen and oxygen atoms in total. The molecular weight excluding hydrogens is 679 g/mol. The Kier molecular flexibility index (Phi) is 8.51. The Morgan fingerprint density at radius 1 is 0.321 bits per heavy atom. The van der Waals surface area contributed by atoms with E-state index >= 15 is 0 Å². The fraction of sp³-hybridized carbons (Fsp3) is 0. The van der Waals surface area contributed by atoms with Gasteiger partial charge >= 0.3 is 0 Å². The van der Waals surface area contributed by atoms with Gasteiger partial charge in [-0.2, -0.15) is 0 Å². The average Bonchev–Trinajstić information content (AvgIpc) is 3.62. The maximum Gasteiger partial charge on any atom is 0.145 e. The molecule has 0 radical (unpaired) electrons. The minimum Gasteiger partial charge on any atom is -0.311 e. The quantitative estimate of drug-likeness (QED) is 0.156. The molecule has 2 aromatic heterocycles. The summed E-state index contributed by atoms with van der Waals surface area (Å²) in [4.78, 5) is 7.14. The van der Waals surface area contributed by atoms with Crippen molar-refractivity contribution in [3.8, 4) is 50.2 Å². The number of pyridine rings is 1. The van der Waals surface area contributed by atoms with E-state index in [-0.39, 0.29) is 0 Å². The molecule has 10 rings (SSSR count). The van der Waals surface area contributed by atoms with E-state index in [2.05, 4.69) is 222 Å². The van der Waals surface area contributed by atoms with Crippen molar-refractivity contribution < 1.29 is 0 Å². The lowest BCUT2D eigenvalue weighted by Gasteiger charge is -2.26. The van der Waals surface area contributed by atoms with Gasteiger partial charge in [-0.1, -0.05) is 152 Å². The summed E-state index contributed by atoms with van der Waals surface area (Å²) in [6.07, 6.45) is 1.87. The Morgan fingerprint density at radius 3 is 1.27 bits per heavy atom. The first-order chi connectivity index (χ1) is 27.8. The molecule has 0 N–H and O–H groups in total. The third kappa shape index (κ3) is 6.21. The van der Waals surface area contributed by atoms with Crippen LogP contribution in [0.3, 0.4) is 0 Å². The van der Waals surface area contributed by atoms with Crippen molar-refractivity contribution in [2.24, 2.45) is 0 Å². The largest absolute Gasteiger partial charge is 0.311 e. The molecule has 0 aliphatic carbocycles. The van der Waals surface area contributed by atoms with Gasteiger partial charge in [0.05, 0.1) is 5.52 Å². The number of anilines is 3. The molecule has 56 heavy (non-hydrogen) atoms. The highest BCUT2D eigenvalue weighted by molar-refractivity contribution is 6.07. The van der Waals surface area contributed by atoms with Crippen molar-refractivity contribution in [2.75, 3.05) is 4.90 Å². The lowest BCUT2D eigenvalue weighted by molar-refractivity contribution is 1.14. The molecule has 0 atom stereocenters. The van der Waals surface area contributed by atoms with Gasteiger partial charge in [0.15, 0.2) is 0 Å². The second-order valence-corrected chi connectivity index (χ2v) is 14.1. The normalized spacial score (nSPS) is 11.2. The molecular formula is C53H37N3. The van der Waals surface area contributed by atoms with E-state index in [0.717, 1.165) is 50.4 Å². The van der Waals surface area contributed by atoms with E-state index in [1.807, 2.05) is 12.3 Å². The van der Waals surface area contributed by atoms with Crippen molar-refractivity contribution >= 4 is 39.0 Å². The van der Waals surface area contributed by atoms with Crippen molar-refractivity contribution in [2.45, 2.75) is 0 Å². The summed E-state index contributed by atoms with van der Waals surface area (Å²) in [5.41, 5.74) is 16.0. The van der Waals surface area contributed by atoms with Gasteiger partial charge in [-0.15, -0.1) is 0 Å². The maximum absolute atomic E-state index is 4.80. The Bertz CT molecular complexity index is 2860. The van der Waals surface area contributed by atoms with Gasteiger partial charge in [-0.05, 0) is 111 Å². The van der Waals surface area contributed by atoms with Crippen molar-refractivity contribution in [1.82, 2.24) is 9.55 Å². The smallest absolute Gasteiger partial charge is 0.145 e. The van der Waals surface area contributed by atoms with Gasteiger partial charge in [-0.3, -0.25) is 4.57 Å².